The number of anilines is 1. The summed E-state index contributed by atoms with van der Waals surface area (Å²) >= 11 is 7.02. The predicted molar refractivity (Wildman–Crippen MR) is 143 cm³/mol. The number of hydrogen-bond donors (Lipinski definition) is 2. The second-order valence-electron chi connectivity index (χ2n) is 8.04. The van der Waals surface area contributed by atoms with Crippen molar-refractivity contribution in [1.82, 2.24) is 5.43 Å². The highest BCUT2D eigenvalue weighted by Gasteiger charge is 2.13. The Morgan fingerprint density at radius 2 is 1.57 bits per heavy atom. The van der Waals surface area contributed by atoms with E-state index < -0.39 is 5.97 Å². The first-order valence-corrected chi connectivity index (χ1v) is 12.6. The number of rotatable bonds is 8. The number of halogens is 2. The molecule has 0 radical (unpaired) electrons. The largest absolute Gasteiger partial charge is 0.487 e. The van der Waals surface area contributed by atoms with Gasteiger partial charge in [-0.1, -0.05) is 12.1 Å². The Balaban J connectivity index is 1.34. The van der Waals surface area contributed by atoms with Gasteiger partial charge in [0.15, 0.2) is 0 Å². The molecule has 0 saturated carbocycles. The van der Waals surface area contributed by atoms with Crippen molar-refractivity contribution in [2.24, 2.45) is 5.10 Å². The number of nitrogens with one attached hydrogen (secondary N) is 1. The Bertz CT molecular complexity index is 1220. The molecule has 2 N–H and O–H groups in total. The molecule has 3 aromatic rings. The van der Waals surface area contributed by atoms with E-state index in [4.69, 9.17) is 9.84 Å². The maximum Gasteiger partial charge on any atom is 0.335 e. The number of carboxylic acids is 1. The summed E-state index contributed by atoms with van der Waals surface area (Å²) < 4.78 is 7.31. The fourth-order valence-electron chi connectivity index (χ4n) is 3.72. The Morgan fingerprint density at radius 1 is 0.971 bits per heavy atom. The van der Waals surface area contributed by atoms with Crippen LogP contribution in [0.2, 0.25) is 0 Å². The lowest BCUT2D eigenvalue weighted by Crippen LogP contribution is -2.19. The minimum absolute atomic E-state index is 0.228. The summed E-state index contributed by atoms with van der Waals surface area (Å²) in [6.45, 7) is 2.40. The van der Waals surface area contributed by atoms with Crippen molar-refractivity contribution in [3.8, 4) is 5.75 Å². The molecule has 180 valence electrons. The lowest BCUT2D eigenvalue weighted by atomic mass is 10.1. The van der Waals surface area contributed by atoms with Gasteiger partial charge in [0.1, 0.15) is 12.4 Å². The van der Waals surface area contributed by atoms with Crippen molar-refractivity contribution in [3.05, 3.63) is 91.9 Å². The van der Waals surface area contributed by atoms with Gasteiger partial charge in [0.25, 0.3) is 5.91 Å². The van der Waals surface area contributed by atoms with E-state index in [1.54, 1.807) is 30.5 Å². The molecule has 1 heterocycles. The first-order chi connectivity index (χ1) is 16.9. The number of hydrogen-bond acceptors (Lipinski definition) is 5. The molecule has 0 atom stereocenters. The molecule has 1 aliphatic heterocycles. The van der Waals surface area contributed by atoms with E-state index >= 15 is 0 Å². The van der Waals surface area contributed by atoms with Gasteiger partial charge in [-0.25, -0.2) is 10.2 Å². The van der Waals surface area contributed by atoms with E-state index in [-0.39, 0.29) is 18.1 Å². The van der Waals surface area contributed by atoms with Gasteiger partial charge in [0.05, 0.1) is 20.7 Å². The predicted octanol–water partition coefficient (Wildman–Crippen LogP) is 5.85. The van der Waals surface area contributed by atoms with E-state index in [2.05, 4.69) is 47.3 Å². The monoisotopic (exact) mass is 599 g/mol. The highest BCUT2D eigenvalue weighted by atomic mass is 79.9. The molecule has 0 bridgehead atoms. The SMILES string of the molecule is O=C(O)c1ccc(COc2c(Br)cc(/C=N\NC(=O)c3ccc(N4CCCC4)cc3)cc2Br)cc1. The van der Waals surface area contributed by atoms with Crippen LogP contribution >= 0.6 is 31.9 Å². The molecule has 0 spiro atoms. The molecule has 1 aliphatic rings. The van der Waals surface area contributed by atoms with Gasteiger partial charge in [-0.2, -0.15) is 5.10 Å². The summed E-state index contributed by atoms with van der Waals surface area (Å²) in [5, 5.41) is 13.1. The minimum atomic E-state index is -0.966. The Hall–Kier alpha value is -3.17. The molecule has 4 rings (SSSR count). The lowest BCUT2D eigenvalue weighted by molar-refractivity contribution is 0.0696. The van der Waals surface area contributed by atoms with Crippen molar-refractivity contribution in [2.45, 2.75) is 19.4 Å². The second-order valence-corrected chi connectivity index (χ2v) is 9.75. The van der Waals surface area contributed by atoms with Crippen molar-refractivity contribution in [2.75, 3.05) is 18.0 Å². The molecule has 0 aromatic heterocycles. The zero-order chi connectivity index (χ0) is 24.8. The first-order valence-electron chi connectivity index (χ1n) is 11.0. The van der Waals surface area contributed by atoms with Crippen molar-refractivity contribution >= 4 is 55.6 Å². The standard InChI is InChI=1S/C26H23Br2N3O4/c27-22-13-18(14-23(28)24(22)35-16-17-3-5-20(6-4-17)26(33)34)15-29-30-25(32)19-7-9-21(10-8-19)31-11-1-2-12-31/h3-10,13-15H,1-2,11-12,16H2,(H,30,32)(H,33,34)/b29-15-. The van der Waals surface area contributed by atoms with E-state index in [1.165, 1.54) is 12.8 Å². The third kappa shape index (κ3) is 6.49. The number of ether oxygens (including phenoxy) is 1. The summed E-state index contributed by atoms with van der Waals surface area (Å²) in [6, 6.07) is 17.7. The summed E-state index contributed by atoms with van der Waals surface area (Å²) in [6.07, 6.45) is 3.97. The van der Waals surface area contributed by atoms with Gasteiger partial charge in [-0.3, -0.25) is 4.79 Å². The highest BCUT2D eigenvalue weighted by Crippen LogP contribution is 2.35. The maximum atomic E-state index is 12.4. The molecule has 3 aromatic carbocycles. The second kappa shape index (κ2) is 11.5. The van der Waals surface area contributed by atoms with Crippen LogP contribution in [0.15, 0.2) is 74.7 Å². The molecular formula is C26H23Br2N3O4. The van der Waals surface area contributed by atoms with E-state index in [1.807, 2.05) is 36.4 Å². The number of carbonyl (C=O) groups is 2. The van der Waals surface area contributed by atoms with Crippen LogP contribution in [0.1, 0.15) is 44.7 Å². The number of benzene rings is 3. The summed E-state index contributed by atoms with van der Waals surface area (Å²) in [7, 11) is 0. The van der Waals surface area contributed by atoms with Crippen LogP contribution in [0.5, 0.6) is 5.75 Å². The van der Waals surface area contributed by atoms with Crippen LogP contribution in [0.3, 0.4) is 0 Å². The number of nitrogens with zero attached hydrogens (tertiary/aromatic N) is 2. The summed E-state index contributed by atoms with van der Waals surface area (Å²) in [5.74, 6) is -0.639. The molecule has 9 heteroatoms. The number of carboxylic acid groups (broad SMARTS) is 1. The molecule has 1 amide bonds. The van der Waals surface area contributed by atoms with E-state index in [0.717, 1.165) is 29.9 Å². The van der Waals surface area contributed by atoms with Crippen LogP contribution in [0, 0.1) is 0 Å². The van der Waals surface area contributed by atoms with Gasteiger partial charge in [0, 0.05) is 24.3 Å². The van der Waals surface area contributed by atoms with Crippen molar-refractivity contribution < 1.29 is 19.4 Å². The average Bonchev–Trinajstić information content (AvgIpc) is 3.39. The van der Waals surface area contributed by atoms with Gasteiger partial charge >= 0.3 is 5.97 Å². The normalized spacial score (nSPS) is 13.3. The van der Waals surface area contributed by atoms with Crippen LogP contribution in [0.4, 0.5) is 5.69 Å². The van der Waals surface area contributed by atoms with Crippen LogP contribution in [-0.2, 0) is 6.61 Å². The smallest absolute Gasteiger partial charge is 0.335 e. The summed E-state index contributed by atoms with van der Waals surface area (Å²) in [5.41, 5.74) is 6.07. The van der Waals surface area contributed by atoms with Gasteiger partial charge in [0.2, 0.25) is 0 Å². The molecule has 35 heavy (non-hydrogen) atoms. The molecule has 0 aliphatic carbocycles. The van der Waals surface area contributed by atoms with E-state index in [0.29, 0.717) is 20.3 Å². The van der Waals surface area contributed by atoms with Gasteiger partial charge in [-0.05, 0) is 104 Å². The van der Waals surface area contributed by atoms with Gasteiger partial charge in [-0.15, -0.1) is 0 Å². The Kier molecular flexibility index (Phi) is 8.20. The average molecular weight is 601 g/mol. The third-order valence-corrected chi connectivity index (χ3v) is 6.76. The van der Waals surface area contributed by atoms with Crippen molar-refractivity contribution in [3.63, 3.8) is 0 Å². The Labute approximate surface area is 220 Å². The molecular weight excluding hydrogens is 578 g/mol. The Morgan fingerprint density at radius 3 is 2.17 bits per heavy atom. The van der Waals surface area contributed by atoms with Crippen molar-refractivity contribution in [1.29, 1.82) is 0 Å². The topological polar surface area (TPSA) is 91.2 Å². The molecule has 1 saturated heterocycles. The van der Waals surface area contributed by atoms with Crippen LogP contribution < -0.4 is 15.1 Å². The number of carbonyl (C=O) groups excluding carboxylic acids is 1. The maximum absolute atomic E-state index is 12.4. The lowest BCUT2D eigenvalue weighted by Gasteiger charge is -2.17. The van der Waals surface area contributed by atoms with Gasteiger partial charge < -0.3 is 14.7 Å². The fourth-order valence-corrected chi connectivity index (χ4v) is 5.17. The van der Waals surface area contributed by atoms with Crippen LogP contribution in [-0.4, -0.2) is 36.3 Å². The highest BCUT2D eigenvalue weighted by molar-refractivity contribution is 9.11. The van der Waals surface area contributed by atoms with Crippen LogP contribution in [0.25, 0.3) is 0 Å². The first kappa shape index (κ1) is 24.9. The number of amides is 1. The summed E-state index contributed by atoms with van der Waals surface area (Å²) in [4.78, 5) is 25.7. The minimum Gasteiger partial charge on any atom is -0.487 e. The molecule has 7 nitrogen and oxygen atoms in total. The number of aromatic carboxylic acids is 1. The fraction of sp³-hybridized carbons (Fsp3) is 0.192. The molecule has 1 fully saturated rings. The zero-order valence-corrected chi connectivity index (χ0v) is 21.9. The quantitative estimate of drug-likeness (QED) is 0.250. The molecule has 0 unspecified atom stereocenters. The van der Waals surface area contributed by atoms with E-state index in [9.17, 15) is 9.59 Å². The zero-order valence-electron chi connectivity index (χ0n) is 18.7. The third-order valence-electron chi connectivity index (χ3n) is 5.59. The number of hydrazone groups is 1.